The highest BCUT2D eigenvalue weighted by atomic mass is 32.2. The number of nitro groups is 1. The number of benzene rings is 2. The van der Waals surface area contributed by atoms with Crippen molar-refractivity contribution in [1.82, 2.24) is 20.2 Å². The average Bonchev–Trinajstić information content (AvgIpc) is 3.13. The number of thioether (sulfide) groups is 1. The zero-order chi connectivity index (χ0) is 21.5. The van der Waals surface area contributed by atoms with Crippen LogP contribution in [0, 0.1) is 10.1 Å². The quantitative estimate of drug-likeness (QED) is 0.254. The van der Waals surface area contributed by atoms with Gasteiger partial charge in [0.2, 0.25) is 0 Å². The van der Waals surface area contributed by atoms with Gasteiger partial charge in [-0.3, -0.25) is 14.9 Å². The monoisotopic (exact) mass is 426 g/mol. The van der Waals surface area contributed by atoms with Crippen LogP contribution < -0.4 is 10.2 Å². The van der Waals surface area contributed by atoms with Gasteiger partial charge in [0.1, 0.15) is 5.75 Å². The summed E-state index contributed by atoms with van der Waals surface area (Å²) in [5, 5.41) is 23.5. The largest absolute Gasteiger partial charge is 0.497 e. The first-order valence-electron chi connectivity index (χ1n) is 8.71. The molecule has 11 heteroatoms. The van der Waals surface area contributed by atoms with Crippen LogP contribution >= 0.6 is 11.8 Å². The fraction of sp³-hybridized carbons (Fsp3) is 0.158. The zero-order valence-corrected chi connectivity index (χ0v) is 17.0. The minimum atomic E-state index is -0.466. The summed E-state index contributed by atoms with van der Waals surface area (Å²) in [4.78, 5) is 22.5. The highest BCUT2D eigenvalue weighted by Crippen LogP contribution is 2.25. The van der Waals surface area contributed by atoms with Crippen LogP contribution in [-0.2, 0) is 11.8 Å². The highest BCUT2D eigenvalue weighted by Gasteiger charge is 2.15. The molecule has 3 rings (SSSR count). The first-order chi connectivity index (χ1) is 14.5. The SMILES string of the molecule is COc1ccc(/C=N/NC(=O)CSc2nnc(-c3cccc([N+](=O)[O-])c3)n2C)cc1. The maximum Gasteiger partial charge on any atom is 0.270 e. The lowest BCUT2D eigenvalue weighted by Crippen LogP contribution is -2.19. The molecular weight excluding hydrogens is 408 g/mol. The first-order valence-corrected chi connectivity index (χ1v) is 9.69. The van der Waals surface area contributed by atoms with Gasteiger partial charge in [-0.25, -0.2) is 5.43 Å². The van der Waals surface area contributed by atoms with Gasteiger partial charge in [-0.15, -0.1) is 10.2 Å². The van der Waals surface area contributed by atoms with Crippen LogP contribution in [0.5, 0.6) is 5.75 Å². The zero-order valence-electron chi connectivity index (χ0n) is 16.2. The van der Waals surface area contributed by atoms with E-state index in [-0.39, 0.29) is 17.3 Å². The van der Waals surface area contributed by atoms with Gasteiger partial charge in [-0.2, -0.15) is 5.10 Å². The van der Waals surface area contributed by atoms with Crippen molar-refractivity contribution in [3.63, 3.8) is 0 Å². The molecule has 0 aliphatic carbocycles. The Bertz CT molecular complexity index is 1080. The van der Waals surface area contributed by atoms with Gasteiger partial charge in [0.15, 0.2) is 11.0 Å². The molecule has 1 amide bonds. The topological polar surface area (TPSA) is 125 Å². The van der Waals surface area contributed by atoms with E-state index in [0.29, 0.717) is 16.5 Å². The Morgan fingerprint density at radius 1 is 1.30 bits per heavy atom. The molecule has 0 saturated carbocycles. The molecular formula is C19H18N6O4S. The van der Waals surface area contributed by atoms with E-state index in [1.54, 1.807) is 43.0 Å². The lowest BCUT2D eigenvalue weighted by molar-refractivity contribution is -0.384. The lowest BCUT2D eigenvalue weighted by atomic mass is 10.2. The Hall–Kier alpha value is -3.73. The Kier molecular flexibility index (Phi) is 6.75. The fourth-order valence-electron chi connectivity index (χ4n) is 2.48. The van der Waals surface area contributed by atoms with Crippen LogP contribution in [0.15, 0.2) is 58.8 Å². The molecule has 0 aliphatic rings. The number of hydrogen-bond donors (Lipinski definition) is 1. The molecule has 0 spiro atoms. The lowest BCUT2D eigenvalue weighted by Gasteiger charge is -2.04. The minimum absolute atomic E-state index is 0.0289. The molecule has 154 valence electrons. The van der Waals surface area contributed by atoms with E-state index in [2.05, 4.69) is 20.7 Å². The van der Waals surface area contributed by atoms with Crippen molar-refractivity contribution in [2.24, 2.45) is 12.1 Å². The number of carbonyl (C=O) groups is 1. The van der Waals surface area contributed by atoms with E-state index in [0.717, 1.165) is 11.3 Å². The number of hydrogen-bond acceptors (Lipinski definition) is 8. The van der Waals surface area contributed by atoms with E-state index in [4.69, 9.17) is 4.74 Å². The van der Waals surface area contributed by atoms with Crippen molar-refractivity contribution in [2.45, 2.75) is 5.16 Å². The Labute approximate surface area is 176 Å². The van der Waals surface area contributed by atoms with Gasteiger partial charge in [-0.1, -0.05) is 23.9 Å². The number of non-ortho nitro benzene ring substituents is 1. The van der Waals surface area contributed by atoms with Crippen molar-refractivity contribution in [1.29, 1.82) is 0 Å². The van der Waals surface area contributed by atoms with Crippen LogP contribution in [0.4, 0.5) is 5.69 Å². The summed E-state index contributed by atoms with van der Waals surface area (Å²) in [5.41, 5.74) is 3.81. The number of ether oxygens (including phenoxy) is 1. The second-order valence-corrected chi connectivity index (χ2v) is 6.97. The summed E-state index contributed by atoms with van der Waals surface area (Å²) in [6, 6.07) is 13.4. The van der Waals surface area contributed by atoms with Crippen molar-refractivity contribution in [3.8, 4) is 17.1 Å². The van der Waals surface area contributed by atoms with E-state index in [1.165, 1.54) is 30.1 Å². The van der Waals surface area contributed by atoms with Crippen molar-refractivity contribution in [2.75, 3.05) is 12.9 Å². The fourth-order valence-corrected chi connectivity index (χ4v) is 3.19. The van der Waals surface area contributed by atoms with E-state index < -0.39 is 4.92 Å². The summed E-state index contributed by atoms with van der Waals surface area (Å²) < 4.78 is 6.76. The summed E-state index contributed by atoms with van der Waals surface area (Å²) in [6.45, 7) is 0. The highest BCUT2D eigenvalue weighted by molar-refractivity contribution is 7.99. The van der Waals surface area contributed by atoms with Crippen LogP contribution in [0.3, 0.4) is 0 Å². The Balaban J connectivity index is 1.57. The van der Waals surface area contributed by atoms with Gasteiger partial charge < -0.3 is 9.30 Å². The number of amides is 1. The van der Waals surface area contributed by atoms with Gasteiger partial charge in [0, 0.05) is 24.7 Å². The van der Waals surface area contributed by atoms with Crippen molar-refractivity contribution < 1.29 is 14.5 Å². The second kappa shape index (κ2) is 9.65. The first kappa shape index (κ1) is 21.0. The van der Waals surface area contributed by atoms with Crippen molar-refractivity contribution >= 4 is 29.6 Å². The average molecular weight is 426 g/mol. The molecule has 0 aliphatic heterocycles. The number of hydrazone groups is 1. The molecule has 10 nitrogen and oxygen atoms in total. The normalized spacial score (nSPS) is 10.9. The summed E-state index contributed by atoms with van der Waals surface area (Å²) in [6.07, 6.45) is 1.53. The number of carbonyl (C=O) groups excluding carboxylic acids is 1. The van der Waals surface area contributed by atoms with E-state index in [9.17, 15) is 14.9 Å². The molecule has 0 unspecified atom stereocenters. The predicted molar refractivity (Wildman–Crippen MR) is 113 cm³/mol. The molecule has 30 heavy (non-hydrogen) atoms. The predicted octanol–water partition coefficient (Wildman–Crippen LogP) is 2.64. The molecule has 1 N–H and O–H groups in total. The van der Waals surface area contributed by atoms with Gasteiger partial charge in [-0.05, 0) is 29.8 Å². The minimum Gasteiger partial charge on any atom is -0.497 e. The third-order valence-corrected chi connectivity index (χ3v) is 5.02. The smallest absolute Gasteiger partial charge is 0.270 e. The van der Waals surface area contributed by atoms with E-state index >= 15 is 0 Å². The molecule has 1 aromatic heterocycles. The molecule has 2 aromatic carbocycles. The van der Waals surface area contributed by atoms with Crippen LogP contribution in [0.2, 0.25) is 0 Å². The second-order valence-electron chi connectivity index (χ2n) is 6.03. The number of methoxy groups -OCH3 is 1. The van der Waals surface area contributed by atoms with Crippen LogP contribution in [0.25, 0.3) is 11.4 Å². The summed E-state index contributed by atoms with van der Waals surface area (Å²) in [5.74, 6) is 0.991. The maximum atomic E-state index is 12.0. The third-order valence-electron chi connectivity index (χ3n) is 4.00. The van der Waals surface area contributed by atoms with Gasteiger partial charge >= 0.3 is 0 Å². The number of nitrogens with zero attached hydrogens (tertiary/aromatic N) is 5. The number of aromatic nitrogens is 3. The van der Waals surface area contributed by atoms with Gasteiger partial charge in [0.25, 0.3) is 11.6 Å². The Morgan fingerprint density at radius 3 is 2.77 bits per heavy atom. The van der Waals surface area contributed by atoms with Gasteiger partial charge in [0.05, 0.1) is 24.0 Å². The maximum absolute atomic E-state index is 12.0. The molecule has 1 heterocycles. The van der Waals surface area contributed by atoms with Crippen LogP contribution in [0.1, 0.15) is 5.56 Å². The molecule has 0 atom stereocenters. The number of rotatable bonds is 8. The molecule has 0 bridgehead atoms. The third kappa shape index (κ3) is 5.20. The number of nitrogens with one attached hydrogen (secondary N) is 1. The summed E-state index contributed by atoms with van der Waals surface area (Å²) >= 11 is 1.19. The summed E-state index contributed by atoms with van der Waals surface area (Å²) in [7, 11) is 3.32. The van der Waals surface area contributed by atoms with E-state index in [1.807, 2.05) is 12.1 Å². The molecule has 0 saturated heterocycles. The number of nitro benzene ring substituents is 1. The van der Waals surface area contributed by atoms with Crippen molar-refractivity contribution in [3.05, 3.63) is 64.2 Å². The molecule has 0 fully saturated rings. The molecule has 0 radical (unpaired) electrons. The molecule has 3 aromatic rings. The Morgan fingerprint density at radius 2 is 2.07 bits per heavy atom. The van der Waals surface area contributed by atoms with Crippen LogP contribution in [-0.4, -0.2) is 44.7 Å². The standard InChI is InChI=1S/C19H18N6O4S/c1-24-18(14-4-3-5-15(10-14)25(27)28)22-23-19(24)30-12-17(26)21-20-11-13-6-8-16(29-2)9-7-13/h3-11H,12H2,1-2H3,(H,21,26)/b20-11+.